The lowest BCUT2D eigenvalue weighted by Gasteiger charge is -2.25. The fraction of sp³-hybridized carbons (Fsp3) is 0.600. The minimum atomic E-state index is 0.681. The van der Waals surface area contributed by atoms with Crippen LogP contribution in [0.3, 0.4) is 0 Å². The van der Waals surface area contributed by atoms with E-state index in [1.165, 1.54) is 34.3 Å². The lowest BCUT2D eigenvalue weighted by atomic mass is 10.4. The molecule has 1 saturated heterocycles. The van der Waals surface area contributed by atoms with Crippen LogP contribution in [0.25, 0.3) is 0 Å². The van der Waals surface area contributed by atoms with Crippen LogP contribution in [0.2, 0.25) is 0 Å². The molecule has 0 aliphatic carbocycles. The Labute approximate surface area is 93.5 Å². The van der Waals surface area contributed by atoms with Crippen LogP contribution < -0.4 is 5.73 Å². The first-order valence-corrected chi connectivity index (χ1v) is 6.93. The molecule has 78 valence electrons. The van der Waals surface area contributed by atoms with Crippen LogP contribution in [0.15, 0.2) is 12.1 Å². The predicted molar refractivity (Wildman–Crippen MR) is 64.8 cm³/mol. The summed E-state index contributed by atoms with van der Waals surface area (Å²) in [5, 5.41) is 0. The second kappa shape index (κ2) is 5.16. The predicted octanol–water partition coefficient (Wildman–Crippen LogP) is 1.76. The van der Waals surface area contributed by atoms with Crippen LogP contribution in [0.4, 0.5) is 0 Å². The SMILES string of the molecule is NCc1ccc(CN2CCSCC2)s1. The molecule has 0 amide bonds. The van der Waals surface area contributed by atoms with Crippen molar-refractivity contribution in [3.63, 3.8) is 0 Å². The molecule has 2 rings (SSSR count). The minimum Gasteiger partial charge on any atom is -0.326 e. The van der Waals surface area contributed by atoms with E-state index in [4.69, 9.17) is 5.73 Å². The van der Waals surface area contributed by atoms with Gasteiger partial charge in [0.1, 0.15) is 0 Å². The van der Waals surface area contributed by atoms with E-state index in [9.17, 15) is 0 Å². The Kier molecular flexibility index (Phi) is 3.87. The highest BCUT2D eigenvalue weighted by Crippen LogP contribution is 2.19. The molecule has 0 atom stereocenters. The first kappa shape index (κ1) is 10.5. The van der Waals surface area contributed by atoms with Gasteiger partial charge in [0, 0.05) is 47.4 Å². The van der Waals surface area contributed by atoms with Gasteiger partial charge in [0.15, 0.2) is 0 Å². The number of hydrogen-bond acceptors (Lipinski definition) is 4. The average Bonchev–Trinajstić information content (AvgIpc) is 2.67. The van der Waals surface area contributed by atoms with Crippen molar-refractivity contribution < 1.29 is 0 Å². The van der Waals surface area contributed by atoms with Crippen LogP contribution in [-0.4, -0.2) is 29.5 Å². The number of nitrogens with zero attached hydrogens (tertiary/aromatic N) is 1. The van der Waals surface area contributed by atoms with E-state index in [0.717, 1.165) is 6.54 Å². The molecule has 2 N–H and O–H groups in total. The number of hydrogen-bond donors (Lipinski definition) is 1. The Morgan fingerprint density at radius 3 is 2.57 bits per heavy atom. The summed E-state index contributed by atoms with van der Waals surface area (Å²) in [4.78, 5) is 5.28. The average molecular weight is 228 g/mol. The highest BCUT2D eigenvalue weighted by molar-refractivity contribution is 7.99. The molecule has 0 spiro atoms. The van der Waals surface area contributed by atoms with Gasteiger partial charge in [-0.15, -0.1) is 11.3 Å². The van der Waals surface area contributed by atoms with Crippen molar-refractivity contribution in [3.8, 4) is 0 Å². The second-order valence-electron chi connectivity index (χ2n) is 3.46. The van der Waals surface area contributed by atoms with E-state index in [-0.39, 0.29) is 0 Å². The van der Waals surface area contributed by atoms with Crippen molar-refractivity contribution >= 4 is 23.1 Å². The van der Waals surface area contributed by atoms with E-state index in [1.54, 1.807) is 0 Å². The third kappa shape index (κ3) is 2.73. The third-order valence-corrected chi connectivity index (χ3v) is 4.44. The van der Waals surface area contributed by atoms with Crippen LogP contribution in [0.1, 0.15) is 9.75 Å². The summed E-state index contributed by atoms with van der Waals surface area (Å²) in [7, 11) is 0. The maximum atomic E-state index is 5.59. The van der Waals surface area contributed by atoms with Gasteiger partial charge in [-0.2, -0.15) is 11.8 Å². The molecule has 1 aliphatic rings. The second-order valence-corrected chi connectivity index (χ2v) is 5.94. The highest BCUT2D eigenvalue weighted by atomic mass is 32.2. The molecule has 0 bridgehead atoms. The summed E-state index contributed by atoms with van der Waals surface area (Å²) in [6, 6.07) is 4.37. The smallest absolute Gasteiger partial charge is 0.0328 e. The van der Waals surface area contributed by atoms with Gasteiger partial charge in [-0.25, -0.2) is 0 Å². The van der Waals surface area contributed by atoms with Crippen LogP contribution >= 0.6 is 23.1 Å². The maximum Gasteiger partial charge on any atom is 0.0328 e. The molecule has 14 heavy (non-hydrogen) atoms. The Bertz CT molecular complexity index is 279. The van der Waals surface area contributed by atoms with E-state index >= 15 is 0 Å². The van der Waals surface area contributed by atoms with Crippen molar-refractivity contribution in [2.24, 2.45) is 5.73 Å². The normalized spacial score (nSPS) is 18.6. The standard InChI is InChI=1S/C10H16N2S2/c11-7-9-1-2-10(14-9)8-12-3-5-13-6-4-12/h1-2H,3-8,11H2. The fourth-order valence-electron chi connectivity index (χ4n) is 1.60. The molecule has 0 saturated carbocycles. The van der Waals surface area contributed by atoms with Crippen molar-refractivity contribution in [2.75, 3.05) is 24.6 Å². The van der Waals surface area contributed by atoms with Gasteiger partial charge >= 0.3 is 0 Å². The summed E-state index contributed by atoms with van der Waals surface area (Å²) in [5.41, 5.74) is 5.59. The Morgan fingerprint density at radius 1 is 1.21 bits per heavy atom. The summed E-state index contributed by atoms with van der Waals surface area (Å²) < 4.78 is 0. The molecule has 4 heteroatoms. The highest BCUT2D eigenvalue weighted by Gasteiger charge is 2.11. The molecule has 2 nitrogen and oxygen atoms in total. The van der Waals surface area contributed by atoms with Gasteiger partial charge in [0.2, 0.25) is 0 Å². The molecule has 0 unspecified atom stereocenters. The molecule has 1 aromatic heterocycles. The largest absolute Gasteiger partial charge is 0.326 e. The third-order valence-electron chi connectivity index (χ3n) is 2.40. The van der Waals surface area contributed by atoms with Crippen LogP contribution in [-0.2, 0) is 13.1 Å². The van der Waals surface area contributed by atoms with E-state index in [1.807, 2.05) is 11.3 Å². The molecule has 2 heterocycles. The number of thioether (sulfide) groups is 1. The summed E-state index contributed by atoms with van der Waals surface area (Å²) in [6.45, 7) is 4.27. The van der Waals surface area contributed by atoms with E-state index in [2.05, 4.69) is 28.8 Å². The van der Waals surface area contributed by atoms with Gasteiger partial charge in [-0.05, 0) is 12.1 Å². The van der Waals surface area contributed by atoms with Crippen molar-refractivity contribution in [1.29, 1.82) is 0 Å². The van der Waals surface area contributed by atoms with Crippen molar-refractivity contribution in [2.45, 2.75) is 13.1 Å². The van der Waals surface area contributed by atoms with Gasteiger partial charge in [0.25, 0.3) is 0 Å². The summed E-state index contributed by atoms with van der Waals surface area (Å²) in [5.74, 6) is 2.57. The van der Waals surface area contributed by atoms with E-state index < -0.39 is 0 Å². The quantitative estimate of drug-likeness (QED) is 0.855. The first-order chi connectivity index (χ1) is 6.88. The molecular formula is C10H16N2S2. The topological polar surface area (TPSA) is 29.3 Å². The Balaban J connectivity index is 1.89. The lowest BCUT2D eigenvalue weighted by molar-refractivity contribution is 0.297. The minimum absolute atomic E-state index is 0.681. The fourth-order valence-corrected chi connectivity index (χ4v) is 3.51. The zero-order chi connectivity index (χ0) is 9.80. The Morgan fingerprint density at radius 2 is 1.93 bits per heavy atom. The Hall–Kier alpha value is -0.0300. The monoisotopic (exact) mass is 228 g/mol. The molecular weight excluding hydrogens is 212 g/mol. The summed E-state index contributed by atoms with van der Waals surface area (Å²) >= 11 is 3.91. The maximum absolute atomic E-state index is 5.59. The zero-order valence-electron chi connectivity index (χ0n) is 8.24. The van der Waals surface area contributed by atoms with Gasteiger partial charge in [-0.3, -0.25) is 4.90 Å². The first-order valence-electron chi connectivity index (χ1n) is 4.96. The molecule has 0 radical (unpaired) electrons. The van der Waals surface area contributed by atoms with Crippen molar-refractivity contribution in [3.05, 3.63) is 21.9 Å². The zero-order valence-corrected chi connectivity index (χ0v) is 9.87. The summed E-state index contributed by atoms with van der Waals surface area (Å²) in [6.07, 6.45) is 0. The van der Waals surface area contributed by atoms with Gasteiger partial charge in [-0.1, -0.05) is 0 Å². The van der Waals surface area contributed by atoms with Crippen LogP contribution in [0, 0.1) is 0 Å². The number of rotatable bonds is 3. The molecule has 1 aromatic rings. The number of nitrogens with two attached hydrogens (primary N) is 1. The lowest BCUT2D eigenvalue weighted by Crippen LogP contribution is -2.31. The van der Waals surface area contributed by atoms with E-state index in [0.29, 0.717) is 6.54 Å². The van der Waals surface area contributed by atoms with Gasteiger partial charge < -0.3 is 5.73 Å². The van der Waals surface area contributed by atoms with Crippen molar-refractivity contribution in [1.82, 2.24) is 4.90 Å². The van der Waals surface area contributed by atoms with Gasteiger partial charge in [0.05, 0.1) is 0 Å². The number of thiophene rings is 1. The molecule has 1 aliphatic heterocycles. The van der Waals surface area contributed by atoms with Crippen LogP contribution in [0.5, 0.6) is 0 Å². The molecule has 0 aromatic carbocycles. The molecule has 1 fully saturated rings.